The number of benzene rings is 3. The standard InChI is InChI=1S/C22H19NO3/c1-25-18-7-9-19(10-8-18)26-14-22(24)23-17-6-11-21-16(13-17)12-15-4-2-3-5-20(15)21/h2-11,13H,12,14H2,1H3,(H,23,24). The van der Waals surface area contributed by atoms with E-state index in [1.54, 1.807) is 31.4 Å². The number of rotatable bonds is 5. The smallest absolute Gasteiger partial charge is 0.262 e. The predicted molar refractivity (Wildman–Crippen MR) is 102 cm³/mol. The van der Waals surface area contributed by atoms with Gasteiger partial charge in [0.1, 0.15) is 11.5 Å². The van der Waals surface area contributed by atoms with Gasteiger partial charge in [0.05, 0.1) is 7.11 Å². The van der Waals surface area contributed by atoms with E-state index in [1.807, 2.05) is 12.1 Å². The lowest BCUT2D eigenvalue weighted by molar-refractivity contribution is -0.118. The summed E-state index contributed by atoms with van der Waals surface area (Å²) in [6.07, 6.45) is 0.900. The van der Waals surface area contributed by atoms with Crippen molar-refractivity contribution in [3.05, 3.63) is 77.9 Å². The lowest BCUT2D eigenvalue weighted by Crippen LogP contribution is -2.20. The second-order valence-electron chi connectivity index (χ2n) is 6.22. The first-order valence-corrected chi connectivity index (χ1v) is 8.51. The van der Waals surface area contributed by atoms with Crippen LogP contribution in [0.2, 0.25) is 0 Å². The van der Waals surface area contributed by atoms with Gasteiger partial charge in [0.2, 0.25) is 0 Å². The topological polar surface area (TPSA) is 47.6 Å². The molecule has 3 aromatic rings. The Morgan fingerprint density at radius 3 is 2.46 bits per heavy atom. The van der Waals surface area contributed by atoms with E-state index in [2.05, 4.69) is 35.6 Å². The highest BCUT2D eigenvalue weighted by molar-refractivity contribution is 5.92. The van der Waals surface area contributed by atoms with Crippen molar-refractivity contribution in [2.75, 3.05) is 19.0 Å². The van der Waals surface area contributed by atoms with Crippen LogP contribution in [0, 0.1) is 0 Å². The minimum atomic E-state index is -0.184. The summed E-state index contributed by atoms with van der Waals surface area (Å²) >= 11 is 0. The second kappa shape index (κ2) is 6.92. The van der Waals surface area contributed by atoms with Crippen LogP contribution >= 0.6 is 0 Å². The molecule has 1 N–H and O–H groups in total. The van der Waals surface area contributed by atoms with Crippen molar-refractivity contribution >= 4 is 11.6 Å². The molecule has 4 nitrogen and oxygen atoms in total. The molecule has 4 rings (SSSR count). The molecule has 4 heteroatoms. The maximum absolute atomic E-state index is 12.2. The van der Waals surface area contributed by atoms with Crippen LogP contribution in [-0.4, -0.2) is 19.6 Å². The molecule has 0 aliphatic heterocycles. The summed E-state index contributed by atoms with van der Waals surface area (Å²) < 4.78 is 10.6. The molecular weight excluding hydrogens is 326 g/mol. The molecule has 0 heterocycles. The molecular formula is C22H19NO3. The maximum atomic E-state index is 12.2. The quantitative estimate of drug-likeness (QED) is 0.587. The van der Waals surface area contributed by atoms with Crippen LogP contribution in [0.25, 0.3) is 11.1 Å². The lowest BCUT2D eigenvalue weighted by Gasteiger charge is -2.09. The van der Waals surface area contributed by atoms with Crippen molar-refractivity contribution in [2.24, 2.45) is 0 Å². The van der Waals surface area contributed by atoms with Crippen LogP contribution in [-0.2, 0) is 11.2 Å². The Morgan fingerprint density at radius 2 is 1.65 bits per heavy atom. The molecule has 0 unspecified atom stereocenters. The third-order valence-electron chi connectivity index (χ3n) is 4.51. The van der Waals surface area contributed by atoms with Crippen molar-refractivity contribution in [3.63, 3.8) is 0 Å². The van der Waals surface area contributed by atoms with Crippen LogP contribution in [0.15, 0.2) is 66.7 Å². The monoisotopic (exact) mass is 345 g/mol. The van der Waals surface area contributed by atoms with E-state index < -0.39 is 0 Å². The zero-order chi connectivity index (χ0) is 17.9. The molecule has 1 aliphatic carbocycles. The third-order valence-corrected chi connectivity index (χ3v) is 4.51. The van der Waals surface area contributed by atoms with Gasteiger partial charge in [-0.15, -0.1) is 0 Å². The third kappa shape index (κ3) is 3.26. The van der Waals surface area contributed by atoms with Crippen molar-refractivity contribution in [1.82, 2.24) is 0 Å². The SMILES string of the molecule is COc1ccc(OCC(=O)Nc2ccc3c(c2)Cc2ccccc2-3)cc1. The predicted octanol–water partition coefficient (Wildman–Crippen LogP) is 4.28. The minimum absolute atomic E-state index is 0.0381. The molecule has 0 bridgehead atoms. The van der Waals surface area contributed by atoms with Gasteiger partial charge >= 0.3 is 0 Å². The number of amides is 1. The van der Waals surface area contributed by atoms with Gasteiger partial charge in [-0.05, 0) is 65.1 Å². The number of ether oxygens (including phenoxy) is 2. The fraction of sp³-hybridized carbons (Fsp3) is 0.136. The number of anilines is 1. The van der Waals surface area contributed by atoms with Crippen LogP contribution in [0.4, 0.5) is 5.69 Å². The van der Waals surface area contributed by atoms with E-state index in [4.69, 9.17) is 9.47 Å². The summed E-state index contributed by atoms with van der Waals surface area (Å²) in [6, 6.07) is 21.6. The lowest BCUT2D eigenvalue weighted by atomic mass is 10.1. The Morgan fingerprint density at radius 1 is 0.923 bits per heavy atom. The Hall–Kier alpha value is -3.27. The zero-order valence-electron chi connectivity index (χ0n) is 14.5. The van der Waals surface area contributed by atoms with Crippen molar-refractivity contribution in [3.8, 4) is 22.6 Å². The summed E-state index contributed by atoms with van der Waals surface area (Å²) in [4.78, 5) is 12.2. The number of hydrogen-bond acceptors (Lipinski definition) is 3. The van der Waals surface area contributed by atoms with E-state index in [0.29, 0.717) is 5.75 Å². The van der Waals surface area contributed by atoms with Crippen molar-refractivity contribution in [2.45, 2.75) is 6.42 Å². The van der Waals surface area contributed by atoms with E-state index in [-0.39, 0.29) is 12.5 Å². The zero-order valence-corrected chi connectivity index (χ0v) is 14.5. The highest BCUT2D eigenvalue weighted by Gasteiger charge is 2.18. The van der Waals surface area contributed by atoms with E-state index in [0.717, 1.165) is 17.9 Å². The average Bonchev–Trinajstić information content (AvgIpc) is 3.04. The molecule has 3 aromatic carbocycles. The van der Waals surface area contributed by atoms with Crippen LogP contribution < -0.4 is 14.8 Å². The summed E-state index contributed by atoms with van der Waals surface area (Å²) in [5.74, 6) is 1.20. The Kier molecular flexibility index (Phi) is 4.32. The van der Waals surface area contributed by atoms with Gasteiger partial charge in [0.15, 0.2) is 6.61 Å². The summed E-state index contributed by atoms with van der Waals surface area (Å²) in [5.41, 5.74) is 5.88. The van der Waals surface area contributed by atoms with E-state index in [1.165, 1.54) is 22.3 Å². The average molecular weight is 345 g/mol. The molecule has 0 saturated heterocycles. The highest BCUT2D eigenvalue weighted by Crippen LogP contribution is 2.37. The maximum Gasteiger partial charge on any atom is 0.262 e. The molecule has 0 atom stereocenters. The van der Waals surface area contributed by atoms with E-state index in [9.17, 15) is 4.79 Å². The molecule has 0 fully saturated rings. The van der Waals surface area contributed by atoms with Gasteiger partial charge in [-0.1, -0.05) is 30.3 Å². The van der Waals surface area contributed by atoms with Crippen LogP contribution in [0.5, 0.6) is 11.5 Å². The minimum Gasteiger partial charge on any atom is -0.497 e. The fourth-order valence-electron chi connectivity index (χ4n) is 3.24. The molecule has 0 radical (unpaired) electrons. The fourth-order valence-corrected chi connectivity index (χ4v) is 3.24. The first kappa shape index (κ1) is 16.2. The number of carbonyl (C=O) groups excluding carboxylic acids is 1. The first-order valence-electron chi connectivity index (χ1n) is 8.51. The Labute approximate surface area is 152 Å². The Balaban J connectivity index is 1.38. The summed E-state index contributed by atoms with van der Waals surface area (Å²) in [6.45, 7) is -0.0381. The number of hydrogen-bond donors (Lipinski definition) is 1. The van der Waals surface area contributed by atoms with Crippen molar-refractivity contribution < 1.29 is 14.3 Å². The van der Waals surface area contributed by atoms with Gasteiger partial charge < -0.3 is 14.8 Å². The molecule has 130 valence electrons. The first-order chi connectivity index (χ1) is 12.7. The number of fused-ring (bicyclic) bond motifs is 3. The summed E-state index contributed by atoms with van der Waals surface area (Å²) in [5, 5.41) is 2.90. The molecule has 0 spiro atoms. The van der Waals surface area contributed by atoms with Crippen molar-refractivity contribution in [1.29, 1.82) is 0 Å². The molecule has 26 heavy (non-hydrogen) atoms. The molecule has 0 aromatic heterocycles. The molecule has 0 saturated carbocycles. The number of nitrogens with one attached hydrogen (secondary N) is 1. The molecule has 1 aliphatic rings. The van der Waals surface area contributed by atoms with Gasteiger partial charge in [0, 0.05) is 5.69 Å². The van der Waals surface area contributed by atoms with Gasteiger partial charge in [-0.2, -0.15) is 0 Å². The van der Waals surface area contributed by atoms with E-state index >= 15 is 0 Å². The number of carbonyl (C=O) groups is 1. The molecule has 1 amide bonds. The highest BCUT2D eigenvalue weighted by atomic mass is 16.5. The largest absolute Gasteiger partial charge is 0.497 e. The van der Waals surface area contributed by atoms with Gasteiger partial charge in [-0.3, -0.25) is 4.79 Å². The van der Waals surface area contributed by atoms with Crippen LogP contribution in [0.1, 0.15) is 11.1 Å². The van der Waals surface area contributed by atoms with Crippen LogP contribution in [0.3, 0.4) is 0 Å². The van der Waals surface area contributed by atoms with Gasteiger partial charge in [-0.25, -0.2) is 0 Å². The summed E-state index contributed by atoms with van der Waals surface area (Å²) in [7, 11) is 1.61. The normalized spacial score (nSPS) is 11.4. The number of methoxy groups -OCH3 is 1. The Bertz CT molecular complexity index is 948. The van der Waals surface area contributed by atoms with Gasteiger partial charge in [0.25, 0.3) is 5.91 Å². The second-order valence-corrected chi connectivity index (χ2v) is 6.22.